The van der Waals surface area contributed by atoms with Crippen LogP contribution in [0.25, 0.3) is 0 Å². The summed E-state index contributed by atoms with van der Waals surface area (Å²) in [5.74, 6) is 2.21. The number of aliphatic hydroxyl groups is 1. The number of rotatable bonds is 3. The van der Waals surface area contributed by atoms with Crippen molar-refractivity contribution in [1.29, 1.82) is 0 Å². The molecule has 0 heterocycles. The first-order valence-corrected chi connectivity index (χ1v) is 6.90. The van der Waals surface area contributed by atoms with Gasteiger partial charge in [-0.25, -0.2) is 0 Å². The van der Waals surface area contributed by atoms with Gasteiger partial charge in [-0.1, -0.05) is 13.8 Å². The van der Waals surface area contributed by atoms with Gasteiger partial charge < -0.3 is 5.11 Å². The fourth-order valence-electron chi connectivity index (χ4n) is 3.66. The van der Waals surface area contributed by atoms with Crippen LogP contribution in [-0.4, -0.2) is 35.2 Å². The fourth-order valence-corrected chi connectivity index (χ4v) is 3.66. The lowest BCUT2D eigenvalue weighted by atomic mass is 9.77. The molecular weight excluding hydrogens is 198 g/mol. The van der Waals surface area contributed by atoms with Crippen LogP contribution in [0.5, 0.6) is 0 Å². The minimum Gasteiger partial charge on any atom is -0.391 e. The summed E-state index contributed by atoms with van der Waals surface area (Å²) in [7, 11) is 2.21. The highest BCUT2D eigenvalue weighted by atomic mass is 16.3. The third-order valence-corrected chi connectivity index (χ3v) is 4.81. The van der Waals surface area contributed by atoms with Crippen LogP contribution >= 0.6 is 0 Å². The Bertz CT molecular complexity index is 227. The zero-order valence-corrected chi connectivity index (χ0v) is 11.2. The first-order chi connectivity index (χ1) is 7.50. The highest BCUT2D eigenvalue weighted by Gasteiger charge is 2.40. The van der Waals surface area contributed by atoms with E-state index in [1.54, 1.807) is 0 Å². The molecule has 0 amide bonds. The van der Waals surface area contributed by atoms with Crippen LogP contribution in [0.2, 0.25) is 0 Å². The Kier molecular flexibility index (Phi) is 3.60. The molecule has 0 spiro atoms. The van der Waals surface area contributed by atoms with Crippen LogP contribution in [0.15, 0.2) is 0 Å². The average Bonchev–Trinajstić information content (AvgIpc) is 2.97. The predicted molar refractivity (Wildman–Crippen MR) is 67.3 cm³/mol. The lowest BCUT2D eigenvalue weighted by molar-refractivity contribution is -0.0306. The van der Waals surface area contributed by atoms with Gasteiger partial charge in [-0.05, 0) is 57.4 Å². The monoisotopic (exact) mass is 225 g/mol. The highest BCUT2D eigenvalue weighted by Crippen LogP contribution is 2.39. The second kappa shape index (κ2) is 4.66. The Morgan fingerprint density at radius 3 is 2.31 bits per heavy atom. The van der Waals surface area contributed by atoms with Crippen molar-refractivity contribution in [3.63, 3.8) is 0 Å². The average molecular weight is 225 g/mol. The molecule has 0 aliphatic heterocycles. The van der Waals surface area contributed by atoms with Gasteiger partial charge in [0.25, 0.3) is 0 Å². The lowest BCUT2D eigenvalue weighted by Crippen LogP contribution is -2.53. The smallest absolute Gasteiger partial charge is 0.0700 e. The molecule has 2 heteroatoms. The summed E-state index contributed by atoms with van der Waals surface area (Å²) in [6.45, 7) is 6.90. The summed E-state index contributed by atoms with van der Waals surface area (Å²) in [5.41, 5.74) is 0. The van der Waals surface area contributed by atoms with Gasteiger partial charge in [-0.2, -0.15) is 0 Å². The quantitative estimate of drug-likeness (QED) is 0.798. The first-order valence-electron chi connectivity index (χ1n) is 6.90. The van der Waals surface area contributed by atoms with Crippen molar-refractivity contribution in [3.05, 3.63) is 0 Å². The van der Waals surface area contributed by atoms with E-state index in [0.717, 1.165) is 12.3 Å². The fraction of sp³-hybridized carbons (Fsp3) is 1.00. The molecule has 0 aromatic carbocycles. The number of hydrogen-bond acceptors (Lipinski definition) is 2. The van der Waals surface area contributed by atoms with E-state index >= 15 is 0 Å². The van der Waals surface area contributed by atoms with Crippen molar-refractivity contribution in [2.24, 2.45) is 17.8 Å². The first kappa shape index (κ1) is 12.4. The van der Waals surface area contributed by atoms with Crippen LogP contribution in [0.4, 0.5) is 0 Å². The molecular formula is C14H27NO. The number of nitrogens with zero attached hydrogens (tertiary/aromatic N) is 1. The number of aliphatic hydroxyl groups excluding tert-OH is 1. The maximum atomic E-state index is 10.3. The van der Waals surface area contributed by atoms with E-state index in [-0.39, 0.29) is 6.10 Å². The maximum Gasteiger partial charge on any atom is 0.0700 e. The molecule has 0 saturated heterocycles. The van der Waals surface area contributed by atoms with Crippen LogP contribution < -0.4 is 0 Å². The van der Waals surface area contributed by atoms with Crippen molar-refractivity contribution in [2.45, 2.75) is 64.6 Å². The SMILES string of the molecule is CC1CC(C)C(N(C)C(C)C2CC2)C(O)C1. The Labute approximate surface area is 100 Å². The van der Waals surface area contributed by atoms with E-state index < -0.39 is 0 Å². The van der Waals surface area contributed by atoms with E-state index in [4.69, 9.17) is 0 Å². The van der Waals surface area contributed by atoms with Gasteiger partial charge in [0.15, 0.2) is 0 Å². The molecule has 2 fully saturated rings. The molecule has 2 aliphatic carbocycles. The van der Waals surface area contributed by atoms with Crippen LogP contribution in [0.3, 0.4) is 0 Å². The molecule has 2 nitrogen and oxygen atoms in total. The molecule has 2 aliphatic rings. The summed E-state index contributed by atoms with van der Waals surface area (Å²) >= 11 is 0. The summed E-state index contributed by atoms with van der Waals surface area (Å²) in [4.78, 5) is 2.46. The van der Waals surface area contributed by atoms with Gasteiger partial charge in [-0.3, -0.25) is 4.90 Å². The van der Waals surface area contributed by atoms with E-state index in [2.05, 4.69) is 32.7 Å². The molecule has 0 aromatic rings. The Morgan fingerprint density at radius 1 is 1.19 bits per heavy atom. The standard InChI is InChI=1S/C14H27NO/c1-9-7-10(2)14(13(16)8-9)15(4)11(3)12-5-6-12/h9-14,16H,5-8H2,1-4H3. The molecule has 2 saturated carbocycles. The highest BCUT2D eigenvalue weighted by molar-refractivity contribution is 4.93. The Morgan fingerprint density at radius 2 is 1.81 bits per heavy atom. The summed E-state index contributed by atoms with van der Waals surface area (Å²) in [5, 5.41) is 10.3. The normalized spacial score (nSPS) is 42.4. The number of likely N-dealkylation sites (N-methyl/N-ethyl adjacent to an activating group) is 1. The van der Waals surface area contributed by atoms with Crippen LogP contribution in [0.1, 0.15) is 46.5 Å². The van der Waals surface area contributed by atoms with Gasteiger partial charge >= 0.3 is 0 Å². The molecule has 16 heavy (non-hydrogen) atoms. The lowest BCUT2D eigenvalue weighted by Gasteiger charge is -2.44. The second-order valence-electron chi connectivity index (χ2n) is 6.36. The van der Waals surface area contributed by atoms with Gasteiger partial charge in [0.05, 0.1) is 6.10 Å². The second-order valence-corrected chi connectivity index (χ2v) is 6.36. The van der Waals surface area contributed by atoms with Crippen LogP contribution in [-0.2, 0) is 0 Å². The van der Waals surface area contributed by atoms with Crippen LogP contribution in [0, 0.1) is 17.8 Å². The van der Waals surface area contributed by atoms with Crippen molar-refractivity contribution in [1.82, 2.24) is 4.90 Å². The van der Waals surface area contributed by atoms with Gasteiger partial charge in [-0.15, -0.1) is 0 Å². The van der Waals surface area contributed by atoms with E-state index in [1.165, 1.54) is 19.3 Å². The minimum absolute atomic E-state index is 0.120. The van der Waals surface area contributed by atoms with Crippen molar-refractivity contribution in [2.75, 3.05) is 7.05 Å². The summed E-state index contributed by atoms with van der Waals surface area (Å²) < 4.78 is 0. The number of hydrogen-bond donors (Lipinski definition) is 1. The zero-order chi connectivity index (χ0) is 11.9. The van der Waals surface area contributed by atoms with Crippen molar-refractivity contribution >= 4 is 0 Å². The van der Waals surface area contributed by atoms with E-state index in [0.29, 0.717) is 23.9 Å². The van der Waals surface area contributed by atoms with Gasteiger partial charge in [0.1, 0.15) is 0 Å². The molecule has 1 N–H and O–H groups in total. The third-order valence-electron chi connectivity index (χ3n) is 4.81. The molecule has 0 aromatic heterocycles. The third kappa shape index (κ3) is 2.43. The molecule has 5 atom stereocenters. The summed E-state index contributed by atoms with van der Waals surface area (Å²) in [6.07, 6.45) is 4.91. The zero-order valence-electron chi connectivity index (χ0n) is 11.2. The van der Waals surface area contributed by atoms with Crippen molar-refractivity contribution in [3.8, 4) is 0 Å². The maximum absolute atomic E-state index is 10.3. The molecule has 5 unspecified atom stereocenters. The molecule has 94 valence electrons. The predicted octanol–water partition coefficient (Wildman–Crippen LogP) is 2.51. The largest absolute Gasteiger partial charge is 0.391 e. The van der Waals surface area contributed by atoms with E-state index in [9.17, 15) is 5.11 Å². The Balaban J connectivity index is 2.00. The summed E-state index contributed by atoms with van der Waals surface area (Å²) in [6, 6.07) is 1.03. The van der Waals surface area contributed by atoms with Gasteiger partial charge in [0, 0.05) is 12.1 Å². The molecule has 0 radical (unpaired) electrons. The van der Waals surface area contributed by atoms with E-state index in [1.807, 2.05) is 0 Å². The molecule has 0 bridgehead atoms. The van der Waals surface area contributed by atoms with Crippen molar-refractivity contribution < 1.29 is 5.11 Å². The molecule has 2 rings (SSSR count). The van der Waals surface area contributed by atoms with Gasteiger partial charge in [0.2, 0.25) is 0 Å². The topological polar surface area (TPSA) is 23.5 Å². The minimum atomic E-state index is -0.120. The Hall–Kier alpha value is -0.0800.